The van der Waals surface area contributed by atoms with Gasteiger partial charge in [0.15, 0.2) is 0 Å². The van der Waals surface area contributed by atoms with Gasteiger partial charge in [-0.2, -0.15) is 0 Å². The van der Waals surface area contributed by atoms with Gasteiger partial charge < -0.3 is 15.0 Å². The molecule has 1 N–H and O–H groups in total. The second-order valence-corrected chi connectivity index (χ2v) is 5.67. The first kappa shape index (κ1) is 14.8. The van der Waals surface area contributed by atoms with E-state index in [0.29, 0.717) is 18.8 Å². The van der Waals surface area contributed by atoms with Crippen LogP contribution in [-0.2, 0) is 4.74 Å². The minimum Gasteiger partial charge on any atom is -0.372 e. The van der Waals surface area contributed by atoms with Gasteiger partial charge >= 0.3 is 0 Å². The van der Waals surface area contributed by atoms with Crippen LogP contribution in [0.5, 0.6) is 0 Å². The van der Waals surface area contributed by atoms with Crippen molar-refractivity contribution in [2.24, 2.45) is 0 Å². The topological polar surface area (TPSA) is 54.5 Å². The molecule has 1 fully saturated rings. The van der Waals surface area contributed by atoms with Crippen molar-refractivity contribution in [3.05, 3.63) is 23.9 Å². The number of morpholine rings is 1. The normalized spacial score (nSPS) is 22.9. The van der Waals surface area contributed by atoms with Crippen molar-refractivity contribution in [1.82, 2.24) is 9.88 Å². The fourth-order valence-corrected chi connectivity index (χ4v) is 2.44. The molecule has 5 nitrogen and oxygen atoms in total. The van der Waals surface area contributed by atoms with Crippen LogP contribution >= 0.6 is 0 Å². The van der Waals surface area contributed by atoms with Gasteiger partial charge in [0.25, 0.3) is 5.91 Å². The summed E-state index contributed by atoms with van der Waals surface area (Å²) in [5, 5.41) is 3.21. The van der Waals surface area contributed by atoms with E-state index in [1.807, 2.05) is 44.7 Å². The average molecular weight is 277 g/mol. The SMILES string of the molecule is CC(C)Nc1cccc(C(=O)N2C[C@@H](C)O[C@@H](C)C2)n1. The Morgan fingerprint density at radius 1 is 1.35 bits per heavy atom. The van der Waals surface area contributed by atoms with Crippen LogP contribution in [0.1, 0.15) is 38.2 Å². The third kappa shape index (κ3) is 3.70. The van der Waals surface area contributed by atoms with Gasteiger partial charge in [0.05, 0.1) is 12.2 Å². The zero-order valence-corrected chi connectivity index (χ0v) is 12.6. The number of hydrogen-bond donors (Lipinski definition) is 1. The van der Waals surface area contributed by atoms with Crippen LogP contribution in [0.25, 0.3) is 0 Å². The highest BCUT2D eigenvalue weighted by Gasteiger charge is 2.27. The molecule has 0 saturated carbocycles. The van der Waals surface area contributed by atoms with Gasteiger partial charge in [-0.3, -0.25) is 4.79 Å². The number of nitrogens with one attached hydrogen (secondary N) is 1. The van der Waals surface area contributed by atoms with Gasteiger partial charge in [-0.05, 0) is 39.8 Å². The molecule has 0 radical (unpaired) electrons. The monoisotopic (exact) mass is 277 g/mol. The highest BCUT2D eigenvalue weighted by Crippen LogP contribution is 2.14. The van der Waals surface area contributed by atoms with Crippen molar-refractivity contribution >= 4 is 11.7 Å². The van der Waals surface area contributed by atoms with E-state index in [0.717, 1.165) is 5.82 Å². The average Bonchev–Trinajstić information content (AvgIpc) is 2.36. The van der Waals surface area contributed by atoms with E-state index in [2.05, 4.69) is 10.3 Å². The summed E-state index contributed by atoms with van der Waals surface area (Å²) in [7, 11) is 0. The summed E-state index contributed by atoms with van der Waals surface area (Å²) in [6, 6.07) is 5.79. The molecule has 0 aromatic carbocycles. The maximum Gasteiger partial charge on any atom is 0.272 e. The number of rotatable bonds is 3. The summed E-state index contributed by atoms with van der Waals surface area (Å²) in [5.41, 5.74) is 0.483. The number of anilines is 1. The summed E-state index contributed by atoms with van der Waals surface area (Å²) in [5.74, 6) is 0.708. The number of hydrogen-bond acceptors (Lipinski definition) is 4. The fourth-order valence-electron chi connectivity index (χ4n) is 2.44. The van der Waals surface area contributed by atoms with Crippen molar-refractivity contribution < 1.29 is 9.53 Å². The molecule has 1 aliphatic rings. The summed E-state index contributed by atoms with van der Waals surface area (Å²) in [4.78, 5) is 18.7. The van der Waals surface area contributed by atoms with Crippen molar-refractivity contribution in [1.29, 1.82) is 0 Å². The maximum atomic E-state index is 12.5. The molecule has 1 amide bonds. The Morgan fingerprint density at radius 2 is 2.00 bits per heavy atom. The maximum absolute atomic E-state index is 12.5. The van der Waals surface area contributed by atoms with Gasteiger partial charge in [-0.25, -0.2) is 4.98 Å². The number of ether oxygens (including phenoxy) is 1. The lowest BCUT2D eigenvalue weighted by atomic mass is 10.2. The molecule has 2 heterocycles. The number of carbonyl (C=O) groups excluding carboxylic acids is 1. The molecule has 1 aliphatic heterocycles. The second kappa shape index (κ2) is 6.22. The molecule has 1 saturated heterocycles. The zero-order valence-electron chi connectivity index (χ0n) is 12.6. The smallest absolute Gasteiger partial charge is 0.272 e. The van der Waals surface area contributed by atoms with E-state index in [9.17, 15) is 4.79 Å². The van der Waals surface area contributed by atoms with E-state index < -0.39 is 0 Å². The van der Waals surface area contributed by atoms with Gasteiger partial charge in [-0.1, -0.05) is 6.07 Å². The molecule has 0 bridgehead atoms. The summed E-state index contributed by atoms with van der Waals surface area (Å²) in [6.07, 6.45) is 0.138. The van der Waals surface area contributed by atoms with E-state index in [1.165, 1.54) is 0 Å². The molecule has 20 heavy (non-hydrogen) atoms. The summed E-state index contributed by atoms with van der Waals surface area (Å²) in [6.45, 7) is 9.29. The number of carbonyl (C=O) groups is 1. The van der Waals surface area contributed by atoms with E-state index in [-0.39, 0.29) is 24.2 Å². The first-order valence-corrected chi connectivity index (χ1v) is 7.14. The van der Waals surface area contributed by atoms with Gasteiger partial charge in [0, 0.05) is 19.1 Å². The van der Waals surface area contributed by atoms with Crippen molar-refractivity contribution in [3.63, 3.8) is 0 Å². The van der Waals surface area contributed by atoms with Crippen LogP contribution < -0.4 is 5.32 Å². The Labute approximate surface area is 120 Å². The van der Waals surface area contributed by atoms with Crippen LogP contribution in [0.2, 0.25) is 0 Å². The Kier molecular flexibility index (Phi) is 4.60. The van der Waals surface area contributed by atoms with Crippen LogP contribution in [0, 0.1) is 0 Å². The van der Waals surface area contributed by atoms with E-state index in [1.54, 1.807) is 6.07 Å². The molecule has 110 valence electrons. The van der Waals surface area contributed by atoms with Crippen LogP contribution in [0.3, 0.4) is 0 Å². The minimum atomic E-state index is -0.0283. The second-order valence-electron chi connectivity index (χ2n) is 5.67. The van der Waals surface area contributed by atoms with Crippen LogP contribution in [0.15, 0.2) is 18.2 Å². The number of nitrogens with zero attached hydrogens (tertiary/aromatic N) is 2. The molecule has 0 spiro atoms. The van der Waals surface area contributed by atoms with Gasteiger partial charge in [0.1, 0.15) is 11.5 Å². The summed E-state index contributed by atoms with van der Waals surface area (Å²) < 4.78 is 5.65. The lowest BCUT2D eigenvalue weighted by molar-refractivity contribution is -0.0587. The van der Waals surface area contributed by atoms with Gasteiger partial charge in [-0.15, -0.1) is 0 Å². The molecular weight excluding hydrogens is 254 g/mol. The molecule has 1 aromatic heterocycles. The van der Waals surface area contributed by atoms with E-state index >= 15 is 0 Å². The van der Waals surface area contributed by atoms with Crippen molar-refractivity contribution in [2.75, 3.05) is 18.4 Å². The number of pyridine rings is 1. The first-order chi connectivity index (χ1) is 9.45. The lowest BCUT2D eigenvalue weighted by Gasteiger charge is -2.35. The highest BCUT2D eigenvalue weighted by molar-refractivity contribution is 5.92. The number of amides is 1. The molecule has 1 aromatic rings. The Balaban J connectivity index is 2.12. The number of aromatic nitrogens is 1. The molecule has 0 aliphatic carbocycles. The molecule has 2 rings (SSSR count). The zero-order chi connectivity index (χ0) is 14.7. The Hall–Kier alpha value is -1.62. The lowest BCUT2D eigenvalue weighted by Crippen LogP contribution is -2.48. The Bertz CT molecular complexity index is 466. The quantitative estimate of drug-likeness (QED) is 0.920. The third-order valence-electron chi connectivity index (χ3n) is 3.11. The predicted molar refractivity (Wildman–Crippen MR) is 78.9 cm³/mol. The van der Waals surface area contributed by atoms with Gasteiger partial charge in [0.2, 0.25) is 0 Å². The van der Waals surface area contributed by atoms with Crippen molar-refractivity contribution in [3.8, 4) is 0 Å². The Morgan fingerprint density at radius 3 is 2.60 bits per heavy atom. The minimum absolute atomic E-state index is 0.0283. The predicted octanol–water partition coefficient (Wildman–Crippen LogP) is 2.15. The van der Waals surface area contributed by atoms with Crippen LogP contribution in [-0.4, -0.2) is 47.1 Å². The fraction of sp³-hybridized carbons (Fsp3) is 0.600. The molecular formula is C15H23N3O2. The van der Waals surface area contributed by atoms with Crippen molar-refractivity contribution in [2.45, 2.75) is 45.9 Å². The highest BCUT2D eigenvalue weighted by atomic mass is 16.5. The largest absolute Gasteiger partial charge is 0.372 e. The molecule has 0 unspecified atom stereocenters. The first-order valence-electron chi connectivity index (χ1n) is 7.14. The van der Waals surface area contributed by atoms with E-state index in [4.69, 9.17) is 4.74 Å². The third-order valence-corrected chi connectivity index (χ3v) is 3.11. The standard InChI is InChI=1S/C15H23N3O2/c1-10(2)16-14-7-5-6-13(17-14)15(19)18-8-11(3)20-12(4)9-18/h5-7,10-12H,8-9H2,1-4H3,(H,16,17)/t11-,12+. The summed E-state index contributed by atoms with van der Waals surface area (Å²) >= 11 is 0. The van der Waals surface area contributed by atoms with Crippen LogP contribution in [0.4, 0.5) is 5.82 Å². The molecule has 2 atom stereocenters. The molecule has 5 heteroatoms.